The van der Waals surface area contributed by atoms with E-state index < -0.39 is 261 Å². The van der Waals surface area contributed by atoms with Crippen LogP contribution in [-0.2, 0) is 61.6 Å². The first-order valence-electron chi connectivity index (χ1n) is 25.1. The van der Waals surface area contributed by atoms with Crippen molar-refractivity contribution in [1.82, 2.24) is 0 Å². The molecular weight excluding hydrogens is 1060 g/mol. The van der Waals surface area contributed by atoms with Gasteiger partial charge in [-0.25, -0.2) is 0 Å². The summed E-state index contributed by atoms with van der Waals surface area (Å²) in [5, 5.41) is 221. The molecule has 21 aliphatic rings. The Hall–Kier alpha value is -1.36. The van der Waals surface area contributed by atoms with E-state index in [4.69, 9.17) is 67.3 Å². The average molecular weight is 1130 g/mol. The highest BCUT2D eigenvalue weighted by Gasteiger charge is 2.59. The molecule has 20 saturated heterocycles. The van der Waals surface area contributed by atoms with Crippen LogP contribution in [0.2, 0.25) is 0 Å². The lowest BCUT2D eigenvalue weighted by Crippen LogP contribution is -2.68. The highest BCUT2D eigenvalue weighted by atomic mass is 16.8. The number of aliphatic hydroxyl groups excluding tert-OH is 20. The molecule has 0 radical (unpaired) electrons. The highest BCUT2D eigenvalue weighted by Crippen LogP contribution is 2.40. The maximum atomic E-state index is 11.4. The third-order valence-electron chi connectivity index (χ3n) is 15.4. The lowest BCUT2D eigenvalue weighted by Gasteiger charge is -2.50. The Morgan fingerprint density at radius 2 is 0.468 bits per heavy atom. The largest absolute Gasteiger partial charge is 0.396 e. The summed E-state index contributed by atoms with van der Waals surface area (Å²) in [6, 6.07) is 0. The zero-order valence-electron chi connectivity index (χ0n) is 40.7. The van der Waals surface area contributed by atoms with Crippen molar-refractivity contribution in [3.63, 3.8) is 0 Å². The van der Waals surface area contributed by atoms with Crippen LogP contribution in [0.4, 0.5) is 0 Å². The normalized spacial score (nSPS) is 55.4. The number of hydrogen-bond acceptors (Lipinski definition) is 34. The van der Waals surface area contributed by atoms with Crippen molar-refractivity contribution in [1.29, 1.82) is 0 Å². The van der Waals surface area contributed by atoms with Crippen molar-refractivity contribution < 1.29 is 164 Å². The predicted octanol–water partition coefficient (Wildman–Crippen LogP) is -14.6. The summed E-state index contributed by atoms with van der Waals surface area (Å²) in [4.78, 5) is 0. The van der Waals surface area contributed by atoms with Gasteiger partial charge in [0.2, 0.25) is 0 Å². The minimum atomic E-state index is -2.19. The molecule has 22 N–H and O–H groups in total. The van der Waals surface area contributed by atoms with Gasteiger partial charge in [0.15, 0.2) is 37.7 Å². The minimum absolute atomic E-state index is 0.386. The topological polar surface area (TPSA) is 551 Å². The van der Waals surface area contributed by atoms with Crippen LogP contribution >= 0.6 is 0 Å². The molecule has 35 atom stereocenters. The van der Waals surface area contributed by atoms with Crippen LogP contribution in [0.3, 0.4) is 0 Å². The van der Waals surface area contributed by atoms with Crippen LogP contribution in [0, 0.1) is 5.92 Å². The van der Waals surface area contributed by atoms with E-state index in [2.05, 4.69) is 0 Å². The summed E-state index contributed by atoms with van der Waals surface area (Å²) < 4.78 is 74.8. The summed E-state index contributed by atoms with van der Waals surface area (Å²) in [5.41, 5.74) is 5.98. The molecule has 0 aromatic heterocycles. The van der Waals surface area contributed by atoms with E-state index >= 15 is 0 Å². The molecule has 34 nitrogen and oxygen atoms in total. The molecule has 21 fully saturated rings. The second-order valence-electron chi connectivity index (χ2n) is 20.2. The Labute approximate surface area is 436 Å². The molecule has 20 heterocycles. The zero-order chi connectivity index (χ0) is 56.1. The van der Waals surface area contributed by atoms with Crippen molar-refractivity contribution in [3.8, 4) is 0 Å². The molecule has 34 heteroatoms. The number of rotatable bonds is 7. The van der Waals surface area contributed by atoms with Crippen molar-refractivity contribution in [2.24, 2.45) is 11.7 Å². The Morgan fingerprint density at radius 3 is 0.701 bits per heavy atom. The molecule has 0 aromatic rings. The Balaban J connectivity index is 1.08. The van der Waals surface area contributed by atoms with Gasteiger partial charge in [0, 0.05) is 19.1 Å². The van der Waals surface area contributed by atoms with Crippen LogP contribution in [0.5, 0.6) is 0 Å². The Morgan fingerprint density at radius 1 is 0.247 bits per heavy atom. The van der Waals surface area contributed by atoms with Gasteiger partial charge in [-0.2, -0.15) is 0 Å². The van der Waals surface area contributed by atoms with Crippen LogP contribution in [0.1, 0.15) is 6.42 Å². The fourth-order valence-electron chi connectivity index (χ4n) is 10.9. The van der Waals surface area contributed by atoms with Gasteiger partial charge < -0.3 is 169 Å². The molecule has 0 amide bonds. The maximum absolute atomic E-state index is 11.4. The van der Waals surface area contributed by atoms with Gasteiger partial charge in [0.05, 0.1) is 45.2 Å². The van der Waals surface area contributed by atoms with Crippen LogP contribution in [0.15, 0.2) is 0 Å². The monoisotopic (exact) mass is 1130 g/mol. The van der Waals surface area contributed by atoms with Crippen LogP contribution < -0.4 is 5.73 Å². The first-order valence-corrected chi connectivity index (χ1v) is 25.1. The van der Waals surface area contributed by atoms with Gasteiger partial charge in [-0.05, 0) is 6.42 Å². The molecule has 77 heavy (non-hydrogen) atoms. The second kappa shape index (κ2) is 26.1. The van der Waals surface area contributed by atoms with Crippen molar-refractivity contribution in [2.45, 2.75) is 215 Å². The molecule has 0 unspecified atom stereocenters. The van der Waals surface area contributed by atoms with E-state index in [1.165, 1.54) is 0 Å². The van der Waals surface area contributed by atoms with E-state index in [0.29, 0.717) is 0 Å². The molecule has 1 saturated carbocycles. The summed E-state index contributed by atoms with van der Waals surface area (Å²) in [6.07, 6.45) is -65.9. The molecule has 21 rings (SSSR count). The smallest absolute Gasteiger partial charge is 0.187 e. The van der Waals surface area contributed by atoms with E-state index in [-0.39, 0.29) is 6.42 Å². The lowest BCUT2D eigenvalue weighted by molar-refractivity contribution is -0.396. The van der Waals surface area contributed by atoms with Gasteiger partial charge in [-0.15, -0.1) is 0 Å². The predicted molar refractivity (Wildman–Crippen MR) is 234 cm³/mol. The van der Waals surface area contributed by atoms with Gasteiger partial charge in [0.25, 0.3) is 0 Å². The third-order valence-corrected chi connectivity index (χ3v) is 15.4. The van der Waals surface area contributed by atoms with Gasteiger partial charge in [-0.1, -0.05) is 0 Å². The SMILES string of the molecule is NC[C@H]1O[C@@H]2O[C@H]3[C@H](O)[C@@H](O)[C@@H](O[C@H]4[C@H](O)[C@@H](O)[C@@H](O[C@H]5[C@H](O)[C@@H](O)[C@@H](O[C@H]6[C@H](O)[C@@H](O)[C@@H](O[C@H]7[C@H](O)[C@@H](O)[C@@H](O[C@@H]8[C@@H](CO)C[C@H](O[C@H]1[C@H](O)[C@H]2O)[C@H](O)[C@H]8O)O[C@@H]7CO)O[C@@H]6CO)O[C@@H]5CO)O[C@@H]4CO)O[C@@H]3CO. The molecule has 20 aliphatic heterocycles. The van der Waals surface area contributed by atoms with Gasteiger partial charge in [0.1, 0.15) is 159 Å². The van der Waals surface area contributed by atoms with Crippen molar-refractivity contribution in [2.75, 3.05) is 46.2 Å². The molecule has 14 bridgehead atoms. The zero-order valence-corrected chi connectivity index (χ0v) is 40.7. The average Bonchev–Trinajstić information content (AvgIpc) is 3.45. The second-order valence-corrected chi connectivity index (χ2v) is 20.2. The molecular formula is C43H73NO33. The van der Waals surface area contributed by atoms with Crippen LogP contribution in [0.25, 0.3) is 0 Å². The Bertz CT molecular complexity index is 1470. The van der Waals surface area contributed by atoms with Gasteiger partial charge >= 0.3 is 0 Å². The molecule has 448 valence electrons. The van der Waals surface area contributed by atoms with Gasteiger partial charge in [-0.3, -0.25) is 0 Å². The minimum Gasteiger partial charge on any atom is -0.396 e. The van der Waals surface area contributed by atoms with E-state index in [0.717, 1.165) is 0 Å². The molecule has 0 spiro atoms. The van der Waals surface area contributed by atoms with E-state index in [1.54, 1.807) is 0 Å². The van der Waals surface area contributed by atoms with Crippen molar-refractivity contribution in [3.05, 3.63) is 0 Å². The number of aliphatic hydroxyl groups is 20. The summed E-state index contributed by atoms with van der Waals surface area (Å²) in [6.45, 7) is -6.40. The summed E-state index contributed by atoms with van der Waals surface area (Å²) in [7, 11) is 0. The number of nitrogens with two attached hydrogens (primary N) is 1. The standard InChI is InChI=1S/C43H73NO33/c44-2-11-32-19(53)25(59)38(66-11)73-33-13(5-47)68-40(27(61)21(33)55)75-35-15(7-49)70-42(29(63)23(35)57)77-37-16(8-50)71-43(30(64)24(37)58)76-36-14(6-48)69-41(28(62)22(36)56)74-34-12(4-46)67-39(26(60)20(34)54)72-31-9(3-45)1-10(65-32)17(51)18(31)52/h9-43,45-64H,1-8,44H2/t9-,10+,11-,12-,13-,14-,15-,16-,17+,18-,19-,20-,21-,22-,23-,24-,25-,26-,27-,28-,29-,30-,31-,32-,33-,34-,35-,36-,37-,38-,39-,40-,41-,42-,43-/m1/s1. The lowest BCUT2D eigenvalue weighted by atomic mass is 9.80. The number of hydrogen-bond donors (Lipinski definition) is 21. The third kappa shape index (κ3) is 12.1. The number of ether oxygens (including phenoxy) is 13. The summed E-state index contributed by atoms with van der Waals surface area (Å²) >= 11 is 0. The van der Waals surface area contributed by atoms with E-state index in [9.17, 15) is 102 Å². The van der Waals surface area contributed by atoms with Crippen molar-refractivity contribution >= 4 is 0 Å². The van der Waals surface area contributed by atoms with E-state index in [1.807, 2.05) is 0 Å². The van der Waals surface area contributed by atoms with Crippen LogP contribution in [-0.4, -0.2) is 357 Å². The molecule has 0 aromatic carbocycles. The highest BCUT2D eigenvalue weighted by molar-refractivity contribution is 5.02. The molecule has 1 aliphatic carbocycles. The maximum Gasteiger partial charge on any atom is 0.187 e. The Kier molecular flexibility index (Phi) is 20.9. The summed E-state index contributed by atoms with van der Waals surface area (Å²) in [5.74, 6) is -1.20. The fraction of sp³-hybridized carbons (Fsp3) is 1.00. The quantitative estimate of drug-likeness (QED) is 0.113. The fourth-order valence-corrected chi connectivity index (χ4v) is 10.9. The first-order chi connectivity index (χ1) is 36.7. The first kappa shape index (κ1) is 61.7.